The number of para-hydroxylation sites is 1. The number of aryl methyl sites for hydroxylation is 1. The molecule has 0 heterocycles. The maximum atomic E-state index is 12.5. The van der Waals surface area contributed by atoms with Gasteiger partial charge in [0.1, 0.15) is 11.3 Å². The number of carbonyl (C=O) groups is 1. The minimum atomic E-state index is -2.91. The Kier molecular flexibility index (Phi) is 5.63. The van der Waals surface area contributed by atoms with Gasteiger partial charge in [0, 0.05) is 19.2 Å². The van der Waals surface area contributed by atoms with Gasteiger partial charge < -0.3 is 9.64 Å². The van der Waals surface area contributed by atoms with Crippen molar-refractivity contribution in [3.8, 4) is 5.75 Å². The fourth-order valence-corrected chi connectivity index (χ4v) is 2.40. The number of nitro benzene ring substituents is 1. The molecule has 0 atom stereocenters. The van der Waals surface area contributed by atoms with Gasteiger partial charge in [0.15, 0.2) is 0 Å². The van der Waals surface area contributed by atoms with Crippen molar-refractivity contribution < 1.29 is 23.2 Å². The highest BCUT2D eigenvalue weighted by atomic mass is 19.3. The third-order valence-electron chi connectivity index (χ3n) is 3.57. The lowest BCUT2D eigenvalue weighted by Crippen LogP contribution is -2.27. The molecule has 0 spiro atoms. The molecule has 0 aliphatic heterocycles. The normalized spacial score (nSPS) is 10.6. The van der Waals surface area contributed by atoms with E-state index in [1.54, 1.807) is 31.2 Å². The van der Waals surface area contributed by atoms with Gasteiger partial charge in [-0.3, -0.25) is 14.9 Å². The van der Waals surface area contributed by atoms with Gasteiger partial charge in [-0.25, -0.2) is 0 Å². The van der Waals surface area contributed by atoms with Crippen LogP contribution in [0.1, 0.15) is 21.5 Å². The molecule has 8 heteroatoms. The Morgan fingerprint density at radius 1 is 1.24 bits per heavy atom. The molecule has 2 aromatic rings. The standard InChI is InChI=1S/C17H16F2N2O4/c1-11-4-3-5-14(15(11)21(23)24)16(22)20(2)10-12-6-8-13(9-7-12)25-17(18)19/h3-9,17H,10H2,1-2H3. The molecule has 2 aromatic carbocycles. The van der Waals surface area contributed by atoms with Crippen molar-refractivity contribution in [1.29, 1.82) is 0 Å². The zero-order valence-corrected chi connectivity index (χ0v) is 13.6. The number of benzene rings is 2. The monoisotopic (exact) mass is 350 g/mol. The smallest absolute Gasteiger partial charge is 0.387 e. The van der Waals surface area contributed by atoms with Gasteiger partial charge in [0.25, 0.3) is 11.6 Å². The summed E-state index contributed by atoms with van der Waals surface area (Å²) < 4.78 is 28.5. The van der Waals surface area contributed by atoms with Crippen LogP contribution >= 0.6 is 0 Å². The fourth-order valence-electron chi connectivity index (χ4n) is 2.40. The molecule has 2 rings (SSSR count). The highest BCUT2D eigenvalue weighted by molar-refractivity contribution is 5.98. The van der Waals surface area contributed by atoms with Gasteiger partial charge in [-0.05, 0) is 30.7 Å². The molecule has 132 valence electrons. The van der Waals surface area contributed by atoms with Crippen LogP contribution in [0, 0.1) is 17.0 Å². The molecule has 6 nitrogen and oxygen atoms in total. The van der Waals surface area contributed by atoms with E-state index >= 15 is 0 Å². The minimum absolute atomic E-state index is 0.00477. The van der Waals surface area contributed by atoms with E-state index in [4.69, 9.17) is 0 Å². The predicted octanol–water partition coefficient (Wildman–Crippen LogP) is 3.78. The molecule has 0 aliphatic carbocycles. The number of rotatable bonds is 6. The Balaban J connectivity index is 2.16. The van der Waals surface area contributed by atoms with Crippen LogP contribution in [-0.4, -0.2) is 29.4 Å². The van der Waals surface area contributed by atoms with Crippen molar-refractivity contribution in [3.05, 3.63) is 69.3 Å². The van der Waals surface area contributed by atoms with Crippen LogP contribution in [0.5, 0.6) is 5.75 Å². The largest absolute Gasteiger partial charge is 0.435 e. The number of nitrogens with zero attached hydrogens (tertiary/aromatic N) is 2. The van der Waals surface area contributed by atoms with E-state index in [-0.39, 0.29) is 23.5 Å². The van der Waals surface area contributed by atoms with Crippen LogP contribution in [0.25, 0.3) is 0 Å². The van der Waals surface area contributed by atoms with Crippen molar-refractivity contribution >= 4 is 11.6 Å². The van der Waals surface area contributed by atoms with E-state index in [0.29, 0.717) is 11.1 Å². The number of amides is 1. The molecule has 0 unspecified atom stereocenters. The second kappa shape index (κ2) is 7.69. The van der Waals surface area contributed by atoms with Gasteiger partial charge in [-0.1, -0.05) is 24.3 Å². The van der Waals surface area contributed by atoms with E-state index < -0.39 is 17.4 Å². The SMILES string of the molecule is Cc1cccc(C(=O)N(C)Cc2ccc(OC(F)F)cc2)c1[N+](=O)[O-]. The Morgan fingerprint density at radius 2 is 1.88 bits per heavy atom. The van der Waals surface area contributed by atoms with Crippen LogP contribution in [0.3, 0.4) is 0 Å². The Labute approximate surface area is 142 Å². The molecule has 25 heavy (non-hydrogen) atoms. The summed E-state index contributed by atoms with van der Waals surface area (Å²) in [5, 5.41) is 11.2. The minimum Gasteiger partial charge on any atom is -0.435 e. The Morgan fingerprint density at radius 3 is 2.44 bits per heavy atom. The number of nitro groups is 1. The highest BCUT2D eigenvalue weighted by Crippen LogP contribution is 2.25. The van der Waals surface area contributed by atoms with E-state index in [9.17, 15) is 23.7 Å². The number of hydrogen-bond acceptors (Lipinski definition) is 4. The predicted molar refractivity (Wildman–Crippen MR) is 86.7 cm³/mol. The quantitative estimate of drug-likeness (QED) is 0.587. The molecular formula is C17H16F2N2O4. The lowest BCUT2D eigenvalue weighted by molar-refractivity contribution is -0.385. The first-order valence-electron chi connectivity index (χ1n) is 7.33. The second-order valence-electron chi connectivity index (χ2n) is 5.41. The highest BCUT2D eigenvalue weighted by Gasteiger charge is 2.24. The van der Waals surface area contributed by atoms with Gasteiger partial charge >= 0.3 is 6.61 Å². The average Bonchev–Trinajstić information content (AvgIpc) is 2.54. The van der Waals surface area contributed by atoms with Crippen molar-refractivity contribution in [3.63, 3.8) is 0 Å². The van der Waals surface area contributed by atoms with Gasteiger partial charge in [-0.2, -0.15) is 8.78 Å². The first-order chi connectivity index (χ1) is 11.8. The molecule has 1 amide bonds. The van der Waals surface area contributed by atoms with Crippen LogP contribution in [0.15, 0.2) is 42.5 Å². The maximum Gasteiger partial charge on any atom is 0.387 e. The van der Waals surface area contributed by atoms with Crippen molar-refractivity contribution in [2.45, 2.75) is 20.1 Å². The van der Waals surface area contributed by atoms with Crippen LogP contribution < -0.4 is 4.74 Å². The summed E-state index contributed by atoms with van der Waals surface area (Å²) in [6.07, 6.45) is 0. The zero-order chi connectivity index (χ0) is 18.6. The Bertz CT molecular complexity index is 779. The molecule has 0 fully saturated rings. The first-order valence-corrected chi connectivity index (χ1v) is 7.33. The molecular weight excluding hydrogens is 334 g/mol. The van der Waals surface area contributed by atoms with Gasteiger partial charge in [0.05, 0.1) is 4.92 Å². The molecule has 0 N–H and O–H groups in total. The van der Waals surface area contributed by atoms with Crippen molar-refractivity contribution in [2.75, 3.05) is 7.05 Å². The van der Waals surface area contributed by atoms with E-state index in [2.05, 4.69) is 4.74 Å². The molecule has 0 saturated carbocycles. The fraction of sp³-hybridized carbons (Fsp3) is 0.235. The summed E-state index contributed by atoms with van der Waals surface area (Å²) in [6, 6.07) is 10.4. The number of halogens is 2. The van der Waals surface area contributed by atoms with E-state index in [0.717, 1.165) is 0 Å². The van der Waals surface area contributed by atoms with Gasteiger partial charge in [0.2, 0.25) is 0 Å². The molecule has 0 aromatic heterocycles. The maximum absolute atomic E-state index is 12.5. The molecule has 0 bridgehead atoms. The van der Waals surface area contributed by atoms with Crippen LogP contribution in [-0.2, 0) is 6.54 Å². The summed E-state index contributed by atoms with van der Waals surface area (Å²) in [7, 11) is 1.51. The number of hydrogen-bond donors (Lipinski definition) is 0. The van der Waals surface area contributed by atoms with Crippen molar-refractivity contribution in [2.24, 2.45) is 0 Å². The third kappa shape index (κ3) is 4.50. The number of carbonyl (C=O) groups excluding carboxylic acids is 1. The van der Waals surface area contributed by atoms with Crippen LogP contribution in [0.4, 0.5) is 14.5 Å². The summed E-state index contributed by atoms with van der Waals surface area (Å²) in [5.74, 6) is -0.481. The molecule has 0 saturated heterocycles. The lowest BCUT2D eigenvalue weighted by Gasteiger charge is -2.18. The number of ether oxygens (including phenoxy) is 1. The topological polar surface area (TPSA) is 72.7 Å². The second-order valence-corrected chi connectivity index (χ2v) is 5.41. The summed E-state index contributed by atoms with van der Waals surface area (Å²) in [5.41, 5.74) is 0.857. The number of alkyl halides is 2. The van der Waals surface area contributed by atoms with Crippen LogP contribution in [0.2, 0.25) is 0 Å². The first kappa shape index (κ1) is 18.3. The summed E-state index contributed by atoms with van der Waals surface area (Å²) in [6.45, 7) is -1.17. The molecule has 0 radical (unpaired) electrons. The van der Waals surface area contributed by atoms with Gasteiger partial charge in [-0.15, -0.1) is 0 Å². The lowest BCUT2D eigenvalue weighted by atomic mass is 10.1. The third-order valence-corrected chi connectivity index (χ3v) is 3.57. The average molecular weight is 350 g/mol. The molecule has 0 aliphatic rings. The summed E-state index contributed by atoms with van der Waals surface area (Å²) in [4.78, 5) is 24.5. The summed E-state index contributed by atoms with van der Waals surface area (Å²) >= 11 is 0. The van der Waals surface area contributed by atoms with E-state index in [1.807, 2.05) is 0 Å². The van der Waals surface area contributed by atoms with E-state index in [1.165, 1.54) is 30.1 Å². The zero-order valence-electron chi connectivity index (χ0n) is 13.6. The van der Waals surface area contributed by atoms with Crippen molar-refractivity contribution in [1.82, 2.24) is 4.90 Å². The Hall–Kier alpha value is -3.03.